The first-order valence-corrected chi connectivity index (χ1v) is 12.2. The Labute approximate surface area is 207 Å². The maximum Gasteiger partial charge on any atom is 0.309 e. The monoisotopic (exact) mass is 468 g/mol. The molecule has 0 N–H and O–H groups in total. The second-order valence-corrected chi connectivity index (χ2v) is 8.68. The molecule has 34 heavy (non-hydrogen) atoms. The lowest BCUT2D eigenvalue weighted by atomic mass is 9.57. The summed E-state index contributed by atoms with van der Waals surface area (Å²) < 4.78 is 5.20. The number of hydrogen-bond acceptors (Lipinski definition) is 4. The van der Waals surface area contributed by atoms with Crippen LogP contribution in [0.2, 0.25) is 0 Å². The molecule has 0 aliphatic heterocycles. The van der Waals surface area contributed by atoms with Gasteiger partial charge in [0.25, 0.3) is 0 Å². The number of terminal acetylenes is 1. The van der Waals surface area contributed by atoms with Crippen LogP contribution in [0.15, 0.2) is 60.7 Å². The molecule has 0 fully saturated rings. The van der Waals surface area contributed by atoms with Crippen LogP contribution in [-0.4, -0.2) is 19.2 Å². The smallest absolute Gasteiger partial charge is 0.309 e. The predicted molar refractivity (Wildman–Crippen MR) is 141 cm³/mol. The van der Waals surface area contributed by atoms with E-state index in [1.54, 1.807) is 0 Å². The molecule has 4 heteroatoms. The summed E-state index contributed by atoms with van der Waals surface area (Å²) in [4.78, 5) is 23.5. The van der Waals surface area contributed by atoms with Crippen molar-refractivity contribution in [3.63, 3.8) is 0 Å². The molecule has 0 amide bonds. The van der Waals surface area contributed by atoms with Crippen molar-refractivity contribution in [3.05, 3.63) is 71.8 Å². The highest BCUT2D eigenvalue weighted by Crippen LogP contribution is 2.50. The van der Waals surface area contributed by atoms with E-state index in [1.165, 1.54) is 7.11 Å². The first-order chi connectivity index (χ1) is 16.2. The van der Waals surface area contributed by atoms with Gasteiger partial charge >= 0.3 is 5.97 Å². The lowest BCUT2D eigenvalue weighted by Gasteiger charge is -2.49. The highest BCUT2D eigenvalue weighted by Gasteiger charge is 2.51. The van der Waals surface area contributed by atoms with E-state index in [-0.39, 0.29) is 18.0 Å². The SMILES string of the molecule is C#COOC(Cc1ccccc1)C(C)(C)C(C)(C)C(Cc1ccccc1)C(=O)OC.CC.CC. The fraction of sp³-hybridized carbons (Fsp3) is 0.500. The third-order valence-electron chi connectivity index (χ3n) is 6.58. The lowest BCUT2D eigenvalue weighted by molar-refractivity contribution is -0.307. The fourth-order valence-corrected chi connectivity index (χ4v) is 3.81. The van der Waals surface area contributed by atoms with Crippen LogP contribution in [0.5, 0.6) is 0 Å². The predicted octanol–water partition coefficient (Wildman–Crippen LogP) is 7.27. The maximum absolute atomic E-state index is 12.9. The summed E-state index contributed by atoms with van der Waals surface area (Å²) in [6.07, 6.45) is 8.16. The molecule has 0 aliphatic rings. The van der Waals surface area contributed by atoms with Crippen LogP contribution in [0, 0.1) is 29.3 Å². The van der Waals surface area contributed by atoms with Gasteiger partial charge in [-0.1, -0.05) is 122 Å². The summed E-state index contributed by atoms with van der Waals surface area (Å²) in [7, 11) is 1.43. The molecular formula is C30H44O4. The molecule has 2 aromatic carbocycles. The summed E-state index contributed by atoms with van der Waals surface area (Å²) >= 11 is 0. The van der Waals surface area contributed by atoms with Gasteiger partial charge in [0.2, 0.25) is 0 Å². The van der Waals surface area contributed by atoms with Gasteiger partial charge in [0.05, 0.1) is 13.0 Å². The Balaban J connectivity index is 0.00000258. The first kappa shape index (κ1) is 31.2. The van der Waals surface area contributed by atoms with Crippen molar-refractivity contribution in [1.29, 1.82) is 0 Å². The summed E-state index contributed by atoms with van der Waals surface area (Å²) in [5.74, 6) is -0.624. The molecule has 0 aliphatic carbocycles. The number of benzene rings is 2. The van der Waals surface area contributed by atoms with E-state index in [1.807, 2.05) is 88.4 Å². The Kier molecular flexibility index (Phi) is 14.7. The van der Waals surface area contributed by atoms with E-state index in [2.05, 4.69) is 33.8 Å². The van der Waals surface area contributed by atoms with E-state index in [0.29, 0.717) is 12.8 Å². The van der Waals surface area contributed by atoms with Gasteiger partial charge in [-0.3, -0.25) is 9.68 Å². The number of carbonyl (C=O) groups excluding carboxylic acids is 1. The number of ether oxygens (including phenoxy) is 1. The zero-order chi connectivity index (χ0) is 26.2. The molecule has 188 valence electrons. The quantitative estimate of drug-likeness (QED) is 0.159. The van der Waals surface area contributed by atoms with Crippen molar-refractivity contribution in [2.45, 2.75) is 74.3 Å². The van der Waals surface area contributed by atoms with Crippen molar-refractivity contribution >= 4 is 5.97 Å². The number of carbonyl (C=O) groups is 1. The summed E-state index contributed by atoms with van der Waals surface area (Å²) in [6, 6.07) is 20.0. The molecule has 0 heterocycles. The first-order valence-electron chi connectivity index (χ1n) is 12.2. The van der Waals surface area contributed by atoms with Crippen molar-refractivity contribution in [1.82, 2.24) is 0 Å². The number of hydrogen-bond donors (Lipinski definition) is 0. The fourth-order valence-electron chi connectivity index (χ4n) is 3.81. The molecule has 0 bridgehead atoms. The molecule has 2 rings (SSSR count). The standard InChI is InChI=1S/C26H32O4.2C2H6/c1-7-29-30-23(19-21-16-12-9-13-17-21)26(4,5)25(2,3)22(24(27)28-6)18-20-14-10-8-11-15-20;2*1-2/h1,8-17,22-23H,18-19H2,2-6H3;2*1-2H3. The zero-order valence-corrected chi connectivity index (χ0v) is 22.6. The molecule has 0 saturated carbocycles. The second-order valence-electron chi connectivity index (χ2n) is 8.68. The van der Waals surface area contributed by atoms with Crippen LogP contribution in [0.1, 0.15) is 66.5 Å². The lowest BCUT2D eigenvalue weighted by Crippen LogP contribution is -2.51. The van der Waals surface area contributed by atoms with Crippen molar-refractivity contribution in [2.75, 3.05) is 7.11 Å². The van der Waals surface area contributed by atoms with Crippen molar-refractivity contribution in [3.8, 4) is 12.5 Å². The highest BCUT2D eigenvalue weighted by atomic mass is 17.2. The van der Waals surface area contributed by atoms with E-state index in [4.69, 9.17) is 20.9 Å². The van der Waals surface area contributed by atoms with Gasteiger partial charge in [-0.05, 0) is 23.0 Å². The second kappa shape index (κ2) is 16.0. The van der Waals surface area contributed by atoms with Crippen LogP contribution in [0.3, 0.4) is 0 Å². The van der Waals surface area contributed by atoms with Gasteiger partial charge in [-0.15, -0.1) is 0 Å². The average molecular weight is 469 g/mol. The van der Waals surface area contributed by atoms with E-state index < -0.39 is 10.8 Å². The van der Waals surface area contributed by atoms with Gasteiger partial charge in [0.15, 0.2) is 6.11 Å². The van der Waals surface area contributed by atoms with E-state index in [9.17, 15) is 4.79 Å². The Bertz CT molecular complexity index is 835. The zero-order valence-electron chi connectivity index (χ0n) is 22.6. The molecule has 0 radical (unpaired) electrons. The highest BCUT2D eigenvalue weighted by molar-refractivity contribution is 5.73. The molecule has 4 nitrogen and oxygen atoms in total. The molecule has 0 aromatic heterocycles. The van der Waals surface area contributed by atoms with Crippen LogP contribution < -0.4 is 0 Å². The van der Waals surface area contributed by atoms with E-state index in [0.717, 1.165) is 11.1 Å². The normalized spacial score (nSPS) is 12.5. The van der Waals surface area contributed by atoms with Crippen LogP contribution in [-0.2, 0) is 32.1 Å². The molecule has 2 aromatic rings. The van der Waals surface area contributed by atoms with E-state index >= 15 is 0 Å². The Morgan fingerprint density at radius 2 is 1.26 bits per heavy atom. The minimum absolute atomic E-state index is 0.242. The third kappa shape index (κ3) is 8.54. The summed E-state index contributed by atoms with van der Waals surface area (Å²) in [5, 5.41) is 0. The third-order valence-corrected chi connectivity index (χ3v) is 6.58. The van der Waals surface area contributed by atoms with Crippen LogP contribution >= 0.6 is 0 Å². The topological polar surface area (TPSA) is 44.8 Å². The Morgan fingerprint density at radius 1 is 0.824 bits per heavy atom. The van der Waals surface area contributed by atoms with Gasteiger partial charge in [-0.2, -0.15) is 4.89 Å². The van der Waals surface area contributed by atoms with Crippen molar-refractivity contribution < 1.29 is 19.3 Å². The maximum atomic E-state index is 12.9. The summed E-state index contributed by atoms with van der Waals surface area (Å²) in [5.41, 5.74) is 1.18. The average Bonchev–Trinajstić information content (AvgIpc) is 2.88. The Hall–Kier alpha value is -2.77. The minimum atomic E-state index is -0.507. The Morgan fingerprint density at radius 3 is 1.68 bits per heavy atom. The molecule has 2 unspecified atom stereocenters. The number of rotatable bonds is 10. The minimum Gasteiger partial charge on any atom is -0.469 e. The molecule has 0 spiro atoms. The van der Waals surface area contributed by atoms with Crippen molar-refractivity contribution in [2.24, 2.45) is 16.7 Å². The molecule has 0 saturated heterocycles. The summed E-state index contributed by atoms with van der Waals surface area (Å²) in [6.45, 7) is 16.3. The van der Waals surface area contributed by atoms with Gasteiger partial charge in [-0.25, -0.2) is 0 Å². The number of methoxy groups -OCH3 is 1. The largest absolute Gasteiger partial charge is 0.469 e. The molecular weight excluding hydrogens is 424 g/mol. The number of esters is 1. The van der Waals surface area contributed by atoms with Gasteiger partial charge in [0.1, 0.15) is 6.10 Å². The van der Waals surface area contributed by atoms with Gasteiger partial charge < -0.3 is 4.74 Å². The van der Waals surface area contributed by atoms with Crippen LogP contribution in [0.4, 0.5) is 0 Å². The van der Waals surface area contributed by atoms with Gasteiger partial charge in [0, 0.05) is 11.8 Å². The van der Waals surface area contributed by atoms with Crippen LogP contribution in [0.25, 0.3) is 0 Å². The molecule has 2 atom stereocenters.